The zero-order valence-electron chi connectivity index (χ0n) is 14.8. The van der Waals surface area contributed by atoms with Crippen LogP contribution in [0.15, 0.2) is 24.3 Å². The third-order valence-electron chi connectivity index (χ3n) is 3.21. The lowest BCUT2D eigenvalue weighted by atomic mass is 10.0. The topological polar surface area (TPSA) is 110 Å². The summed E-state index contributed by atoms with van der Waals surface area (Å²) in [6.45, 7) is 6.27. The molecule has 7 nitrogen and oxygen atoms in total. The van der Waals surface area contributed by atoms with Crippen LogP contribution in [-0.2, 0) is 32.0 Å². The van der Waals surface area contributed by atoms with Gasteiger partial charge in [0.15, 0.2) is 5.78 Å². The molecule has 1 aromatic carbocycles. The van der Waals surface area contributed by atoms with Crippen molar-refractivity contribution >= 4 is 23.6 Å². The van der Waals surface area contributed by atoms with Gasteiger partial charge < -0.3 is 15.2 Å². The second-order valence-electron chi connectivity index (χ2n) is 6.71. The predicted octanol–water partition coefficient (Wildman–Crippen LogP) is 2.54. The second kappa shape index (κ2) is 9.70. The summed E-state index contributed by atoms with van der Waals surface area (Å²) in [5.74, 6) is -2.17. The highest BCUT2D eigenvalue weighted by Gasteiger charge is 2.24. The summed E-state index contributed by atoms with van der Waals surface area (Å²) < 4.78 is 5.06. The number of rotatable bonds is 7. The molecule has 0 saturated carbocycles. The van der Waals surface area contributed by atoms with Crippen LogP contribution in [0.25, 0.3) is 0 Å². The molecule has 0 heterocycles. The maximum absolute atomic E-state index is 11.7. The van der Waals surface area contributed by atoms with E-state index in [4.69, 9.17) is 4.74 Å². The van der Waals surface area contributed by atoms with Crippen molar-refractivity contribution in [2.75, 3.05) is 0 Å². The Morgan fingerprint density at radius 2 is 1.58 bits per heavy atom. The van der Waals surface area contributed by atoms with Crippen molar-refractivity contribution in [3.8, 4) is 0 Å². The lowest BCUT2D eigenvalue weighted by Gasteiger charge is -2.22. The van der Waals surface area contributed by atoms with Crippen LogP contribution in [0, 0.1) is 0 Å². The zero-order valence-corrected chi connectivity index (χ0v) is 14.8. The van der Waals surface area contributed by atoms with Gasteiger partial charge >= 0.3 is 12.1 Å². The number of Topliss-reactive ketones (excluding diaryl/α,β-unsaturated/α-hetero) is 2. The molecule has 0 aromatic heterocycles. The fourth-order valence-electron chi connectivity index (χ4n) is 1.99. The van der Waals surface area contributed by atoms with Crippen molar-refractivity contribution < 1.29 is 29.0 Å². The van der Waals surface area contributed by atoms with Crippen LogP contribution in [0.5, 0.6) is 0 Å². The molecule has 0 fully saturated rings. The molecule has 1 aromatic rings. The van der Waals surface area contributed by atoms with Crippen LogP contribution in [0.4, 0.5) is 4.79 Å². The molecule has 0 saturated heterocycles. The van der Waals surface area contributed by atoms with Crippen molar-refractivity contribution in [1.82, 2.24) is 5.32 Å². The number of ether oxygens (including phenoxy) is 1. The van der Waals surface area contributed by atoms with E-state index in [0.29, 0.717) is 11.1 Å². The predicted molar refractivity (Wildman–Crippen MR) is 97.1 cm³/mol. The summed E-state index contributed by atoms with van der Waals surface area (Å²) in [5, 5.41) is 11.6. The van der Waals surface area contributed by atoms with Gasteiger partial charge in [-0.2, -0.15) is 0 Å². The van der Waals surface area contributed by atoms with Gasteiger partial charge in [0.1, 0.15) is 11.6 Å². The highest BCUT2D eigenvalue weighted by Crippen LogP contribution is 2.10. The van der Waals surface area contributed by atoms with Crippen LogP contribution in [0.1, 0.15) is 46.2 Å². The minimum Gasteiger partial charge on any atom is -0.480 e. The third kappa shape index (κ3) is 8.41. The Morgan fingerprint density at radius 1 is 1.08 bits per heavy atom. The Balaban J connectivity index is 0.00000625. The van der Waals surface area contributed by atoms with Crippen LogP contribution in [0.3, 0.4) is 0 Å². The fraction of sp³-hybridized carbons (Fsp3) is 0.474. The first-order valence-corrected chi connectivity index (χ1v) is 7.82. The summed E-state index contributed by atoms with van der Waals surface area (Å²) in [7, 11) is 0. The largest absolute Gasteiger partial charge is 0.480 e. The van der Waals surface area contributed by atoms with Gasteiger partial charge in [-0.05, 0) is 31.9 Å². The molecule has 0 spiro atoms. The first-order chi connectivity index (χ1) is 11.5. The Hall–Kier alpha value is -2.70. The van der Waals surface area contributed by atoms with Gasteiger partial charge in [0.2, 0.25) is 5.78 Å². The lowest BCUT2D eigenvalue weighted by Crippen LogP contribution is -2.44. The number of amides is 1. The highest BCUT2D eigenvalue weighted by atomic mass is 16.6. The molecule has 1 unspecified atom stereocenters. The van der Waals surface area contributed by atoms with Gasteiger partial charge in [-0.3, -0.25) is 9.59 Å². The summed E-state index contributed by atoms with van der Waals surface area (Å²) in [5.41, 5.74) is 0.608. The Bertz CT molecular complexity index is 658. The van der Waals surface area contributed by atoms with Crippen LogP contribution in [0.2, 0.25) is 0 Å². The number of carbonyl (C=O) groups is 4. The number of hydrogen-bond acceptors (Lipinski definition) is 5. The second-order valence-corrected chi connectivity index (χ2v) is 6.71. The minimum atomic E-state index is -1.18. The Morgan fingerprint density at radius 3 is 2.00 bits per heavy atom. The van der Waals surface area contributed by atoms with E-state index in [9.17, 15) is 24.3 Å². The van der Waals surface area contributed by atoms with Crippen molar-refractivity contribution in [1.29, 1.82) is 0 Å². The van der Waals surface area contributed by atoms with Crippen LogP contribution in [-0.4, -0.2) is 40.4 Å². The molecule has 2 N–H and O–H groups in total. The average molecular weight is 365 g/mol. The van der Waals surface area contributed by atoms with Crippen molar-refractivity contribution in [2.24, 2.45) is 0 Å². The van der Waals surface area contributed by atoms with Crippen molar-refractivity contribution in [2.45, 2.75) is 59.6 Å². The fourth-order valence-corrected chi connectivity index (χ4v) is 1.99. The average Bonchev–Trinajstić information content (AvgIpc) is 2.46. The van der Waals surface area contributed by atoms with Crippen molar-refractivity contribution in [3.63, 3.8) is 0 Å². The molecule has 144 valence electrons. The van der Waals surface area contributed by atoms with E-state index in [1.165, 1.54) is 6.92 Å². The van der Waals surface area contributed by atoms with E-state index in [1.807, 2.05) is 0 Å². The van der Waals surface area contributed by atoms with Gasteiger partial charge in [-0.25, -0.2) is 9.59 Å². The van der Waals surface area contributed by atoms with Gasteiger partial charge in [-0.15, -0.1) is 0 Å². The van der Waals surface area contributed by atoms with Gasteiger partial charge in [0.05, 0.1) is 0 Å². The number of alkyl carbamates (subject to hydrolysis) is 1. The molecule has 0 aliphatic heterocycles. The lowest BCUT2D eigenvalue weighted by molar-refractivity contribution is -0.139. The number of benzene rings is 1. The first kappa shape index (κ1) is 23.3. The summed E-state index contributed by atoms with van der Waals surface area (Å²) in [6.07, 6.45) is -0.729. The molecule has 1 rings (SSSR count). The minimum absolute atomic E-state index is 0. The van der Waals surface area contributed by atoms with E-state index in [-0.39, 0.29) is 20.3 Å². The normalized spacial score (nSPS) is 11.7. The Kier molecular flexibility index (Phi) is 8.69. The van der Waals surface area contributed by atoms with E-state index in [1.54, 1.807) is 45.0 Å². The number of aliphatic carboxylic acids is 1. The standard InChI is InChI=1S/C18H23NO6.CH4/c1-11(20)15(21)10-13-7-5-12(6-8-13)9-14(16(22)23)19-17(24)25-18(2,3)4;/h5-8,14H,9-10H2,1-4H3,(H,19,24)(H,22,23);1H4. The number of nitrogens with one attached hydrogen (secondary N) is 1. The van der Waals surface area contributed by atoms with Crippen LogP contribution >= 0.6 is 0 Å². The molecule has 0 aliphatic carbocycles. The van der Waals surface area contributed by atoms with Gasteiger partial charge in [0.25, 0.3) is 0 Å². The SMILES string of the molecule is C.CC(=O)C(=O)Cc1ccc(CC(NC(=O)OC(C)(C)C)C(=O)O)cc1. The van der Waals surface area contributed by atoms with Crippen LogP contribution < -0.4 is 5.32 Å². The number of carboxylic acid groups (broad SMARTS) is 1. The maximum Gasteiger partial charge on any atom is 0.408 e. The quantitative estimate of drug-likeness (QED) is 0.719. The first-order valence-electron chi connectivity index (χ1n) is 7.82. The van der Waals surface area contributed by atoms with E-state index < -0.39 is 35.3 Å². The molecule has 0 bridgehead atoms. The molecule has 7 heteroatoms. The monoisotopic (exact) mass is 365 g/mol. The van der Waals surface area contributed by atoms with E-state index in [2.05, 4.69) is 5.32 Å². The van der Waals surface area contributed by atoms with Crippen molar-refractivity contribution in [3.05, 3.63) is 35.4 Å². The number of hydrogen-bond donors (Lipinski definition) is 2. The highest BCUT2D eigenvalue weighted by molar-refractivity contribution is 6.36. The zero-order chi connectivity index (χ0) is 19.2. The molecule has 0 radical (unpaired) electrons. The molecule has 1 atom stereocenters. The third-order valence-corrected chi connectivity index (χ3v) is 3.21. The molecular formula is C19H27NO6. The van der Waals surface area contributed by atoms with E-state index >= 15 is 0 Å². The summed E-state index contributed by atoms with van der Waals surface area (Å²) in [4.78, 5) is 45.5. The summed E-state index contributed by atoms with van der Waals surface area (Å²) in [6, 6.07) is 5.50. The van der Waals surface area contributed by atoms with E-state index in [0.717, 1.165) is 0 Å². The number of ketones is 2. The smallest absolute Gasteiger partial charge is 0.408 e. The molecular weight excluding hydrogens is 338 g/mol. The number of carbonyl (C=O) groups excluding carboxylic acids is 3. The number of carboxylic acids is 1. The Labute approximate surface area is 153 Å². The summed E-state index contributed by atoms with van der Waals surface area (Å²) >= 11 is 0. The molecule has 1 amide bonds. The van der Waals surface area contributed by atoms with Gasteiger partial charge in [0, 0.05) is 19.8 Å². The van der Waals surface area contributed by atoms with Gasteiger partial charge in [-0.1, -0.05) is 31.7 Å². The molecule has 26 heavy (non-hydrogen) atoms. The molecule has 0 aliphatic rings. The maximum atomic E-state index is 11.7.